The van der Waals surface area contributed by atoms with Crippen molar-refractivity contribution in [2.75, 3.05) is 0 Å². The molecule has 0 unspecified atom stereocenters. The van der Waals surface area contributed by atoms with Crippen molar-refractivity contribution in [1.29, 1.82) is 0 Å². The lowest BCUT2D eigenvalue weighted by Gasteiger charge is -2.01. The van der Waals surface area contributed by atoms with Gasteiger partial charge in [0.15, 0.2) is 0 Å². The molecule has 1 nitrogen and oxygen atoms in total. The first kappa shape index (κ1) is 9.14. The molecule has 0 saturated heterocycles. The third kappa shape index (κ3) is 2.00. The molecule has 0 aliphatic heterocycles. The van der Waals surface area contributed by atoms with Crippen molar-refractivity contribution >= 4 is 34.8 Å². The molecule has 0 aliphatic rings. The molecule has 0 fully saturated rings. The summed E-state index contributed by atoms with van der Waals surface area (Å²) in [5.74, 6) is 0. The minimum Gasteiger partial charge on any atom is -0.231 e. The first-order valence-corrected chi connectivity index (χ1v) is 4.00. The zero-order valence-electron chi connectivity index (χ0n) is 5.40. The van der Waals surface area contributed by atoms with Crippen molar-refractivity contribution in [3.8, 4) is 0 Å². The lowest BCUT2D eigenvalue weighted by Crippen LogP contribution is -1.84. The highest BCUT2D eigenvalue weighted by Crippen LogP contribution is 2.28. The number of hydrogen-bond donors (Lipinski definition) is 0. The Morgan fingerprint density at radius 1 is 1.09 bits per heavy atom. The maximum Gasteiger partial charge on any atom is 0.110 e. The number of hydrogen-bond acceptors (Lipinski definition) is 0. The number of halogens is 3. The predicted octanol–water partition coefficient (Wildman–Crippen LogP) is 3.58. The van der Waals surface area contributed by atoms with Crippen molar-refractivity contribution in [1.82, 2.24) is 0 Å². The Bertz CT molecular complexity index is 249. The molecule has 0 aliphatic carbocycles. The molecule has 0 bridgehead atoms. The van der Waals surface area contributed by atoms with E-state index in [1.54, 1.807) is 0 Å². The van der Waals surface area contributed by atoms with Crippen LogP contribution in [0.4, 0.5) is 0 Å². The van der Waals surface area contributed by atoms with Gasteiger partial charge in [0.2, 0.25) is 0 Å². The molecule has 0 spiro atoms. The normalized spacial score (nSPS) is 10.2. The second-order valence-electron chi connectivity index (χ2n) is 1.99. The van der Waals surface area contributed by atoms with Crippen LogP contribution in [0.15, 0.2) is 12.1 Å². The molecule has 11 heavy (non-hydrogen) atoms. The van der Waals surface area contributed by atoms with Gasteiger partial charge in [-0.3, -0.25) is 0 Å². The highest BCUT2D eigenvalue weighted by molar-refractivity contribution is 6.39. The number of benzene rings is 1. The van der Waals surface area contributed by atoms with Gasteiger partial charge >= 0.3 is 0 Å². The van der Waals surface area contributed by atoms with E-state index in [0.717, 1.165) is 0 Å². The van der Waals surface area contributed by atoms with Crippen molar-refractivity contribution < 1.29 is 5.11 Å². The van der Waals surface area contributed by atoms with Crippen LogP contribution < -0.4 is 0 Å². The molecule has 4 heteroatoms. The highest BCUT2D eigenvalue weighted by atomic mass is 35.5. The summed E-state index contributed by atoms with van der Waals surface area (Å²) in [4.78, 5) is 0. The molecule has 0 amide bonds. The fourth-order valence-corrected chi connectivity index (χ4v) is 1.64. The third-order valence-electron chi connectivity index (χ3n) is 1.25. The minimum absolute atomic E-state index is 0.331. The summed E-state index contributed by atoms with van der Waals surface area (Å²) in [6.45, 7) is -0.422. The van der Waals surface area contributed by atoms with Crippen LogP contribution in [-0.4, -0.2) is 0 Å². The Morgan fingerprint density at radius 3 is 1.91 bits per heavy atom. The highest BCUT2D eigenvalue weighted by Gasteiger charge is 2.06. The van der Waals surface area contributed by atoms with Gasteiger partial charge in [0.1, 0.15) is 6.61 Å². The zero-order chi connectivity index (χ0) is 8.43. The zero-order valence-corrected chi connectivity index (χ0v) is 7.67. The van der Waals surface area contributed by atoms with Gasteiger partial charge in [-0.25, -0.2) is 5.11 Å². The molecule has 1 radical (unpaired) electrons. The Hall–Kier alpha value is 0.0500. The summed E-state index contributed by atoms with van der Waals surface area (Å²) in [6.07, 6.45) is 0. The average molecular weight is 210 g/mol. The monoisotopic (exact) mass is 209 g/mol. The van der Waals surface area contributed by atoms with Crippen LogP contribution >= 0.6 is 34.8 Å². The van der Waals surface area contributed by atoms with E-state index in [4.69, 9.17) is 34.8 Å². The first-order valence-electron chi connectivity index (χ1n) is 2.86. The summed E-state index contributed by atoms with van der Waals surface area (Å²) in [6, 6.07) is 3.00. The topological polar surface area (TPSA) is 19.9 Å². The van der Waals surface area contributed by atoms with E-state index in [1.807, 2.05) is 0 Å². The van der Waals surface area contributed by atoms with Gasteiger partial charge in [-0.05, 0) is 12.1 Å². The quantitative estimate of drug-likeness (QED) is 0.675. The lowest BCUT2D eigenvalue weighted by molar-refractivity contribution is 0.178. The lowest BCUT2D eigenvalue weighted by atomic mass is 10.2. The Labute approximate surface area is 79.5 Å². The van der Waals surface area contributed by atoms with Crippen LogP contribution in [0.25, 0.3) is 0 Å². The van der Waals surface area contributed by atoms with Gasteiger partial charge in [0, 0.05) is 20.6 Å². The molecular weight excluding hydrogens is 206 g/mol. The van der Waals surface area contributed by atoms with Gasteiger partial charge < -0.3 is 0 Å². The molecule has 0 aromatic heterocycles. The van der Waals surface area contributed by atoms with Crippen LogP contribution in [0, 0.1) is 0 Å². The van der Waals surface area contributed by atoms with Crippen LogP contribution in [0.5, 0.6) is 0 Å². The Balaban J connectivity index is 3.25. The molecule has 0 atom stereocenters. The van der Waals surface area contributed by atoms with Crippen LogP contribution in [0.1, 0.15) is 5.56 Å². The SMILES string of the molecule is [O]Cc1c(Cl)cc(Cl)cc1Cl. The second kappa shape index (κ2) is 3.63. The summed E-state index contributed by atoms with van der Waals surface area (Å²) in [7, 11) is 0. The van der Waals surface area contributed by atoms with Crippen LogP contribution in [-0.2, 0) is 11.7 Å². The van der Waals surface area contributed by atoms with E-state index in [-0.39, 0.29) is 0 Å². The van der Waals surface area contributed by atoms with E-state index in [1.165, 1.54) is 12.1 Å². The molecule has 0 N–H and O–H groups in total. The number of rotatable bonds is 1. The largest absolute Gasteiger partial charge is 0.231 e. The average Bonchev–Trinajstić information content (AvgIpc) is 1.85. The van der Waals surface area contributed by atoms with Crippen molar-refractivity contribution in [2.24, 2.45) is 0 Å². The minimum atomic E-state index is -0.422. The molecule has 0 heterocycles. The summed E-state index contributed by atoms with van der Waals surface area (Å²) in [5, 5.41) is 11.6. The van der Waals surface area contributed by atoms with Gasteiger partial charge in [-0.1, -0.05) is 34.8 Å². The first-order chi connectivity index (χ1) is 5.15. The molecular formula is C7H4Cl3O. The van der Waals surface area contributed by atoms with Gasteiger partial charge in [-0.2, -0.15) is 0 Å². The van der Waals surface area contributed by atoms with Crippen molar-refractivity contribution in [2.45, 2.75) is 6.61 Å². The third-order valence-corrected chi connectivity index (χ3v) is 2.14. The smallest absolute Gasteiger partial charge is 0.110 e. The van der Waals surface area contributed by atoms with E-state index >= 15 is 0 Å². The van der Waals surface area contributed by atoms with Crippen molar-refractivity contribution in [3.05, 3.63) is 32.8 Å². The maximum atomic E-state index is 10.5. The van der Waals surface area contributed by atoms with Crippen LogP contribution in [0.3, 0.4) is 0 Å². The predicted molar refractivity (Wildman–Crippen MR) is 45.9 cm³/mol. The fraction of sp³-hybridized carbons (Fsp3) is 0.143. The van der Waals surface area contributed by atoms with E-state index < -0.39 is 6.61 Å². The Kier molecular flexibility index (Phi) is 3.02. The summed E-state index contributed by atoms with van der Waals surface area (Å²) in [5.41, 5.74) is 0.401. The Morgan fingerprint density at radius 2 is 1.55 bits per heavy atom. The summed E-state index contributed by atoms with van der Waals surface area (Å²) < 4.78 is 0. The molecule has 1 rings (SSSR count). The van der Waals surface area contributed by atoms with E-state index in [0.29, 0.717) is 20.6 Å². The molecule has 1 aromatic carbocycles. The van der Waals surface area contributed by atoms with Gasteiger partial charge in [0.25, 0.3) is 0 Å². The van der Waals surface area contributed by atoms with Crippen molar-refractivity contribution in [3.63, 3.8) is 0 Å². The summed E-state index contributed by atoms with van der Waals surface area (Å²) >= 11 is 16.9. The van der Waals surface area contributed by atoms with Crippen LogP contribution in [0.2, 0.25) is 15.1 Å². The van der Waals surface area contributed by atoms with E-state index in [9.17, 15) is 5.11 Å². The van der Waals surface area contributed by atoms with Gasteiger partial charge in [0.05, 0.1) is 0 Å². The standard InChI is InChI=1S/C7H4Cl3O/c8-4-1-6(9)5(3-11)7(10)2-4/h1-2H,3H2. The molecule has 59 valence electrons. The van der Waals surface area contributed by atoms with Gasteiger partial charge in [-0.15, -0.1) is 0 Å². The molecule has 0 saturated carbocycles. The second-order valence-corrected chi connectivity index (χ2v) is 3.24. The maximum absolute atomic E-state index is 10.5. The fourth-order valence-electron chi connectivity index (χ4n) is 0.710. The van der Waals surface area contributed by atoms with E-state index in [2.05, 4.69) is 0 Å². The molecule has 1 aromatic rings.